The maximum Gasteiger partial charge on any atom is 0.263 e. The Morgan fingerprint density at radius 1 is 1.19 bits per heavy atom. The highest BCUT2D eigenvalue weighted by atomic mass is 35.5. The van der Waals surface area contributed by atoms with Crippen LogP contribution in [0.15, 0.2) is 47.4 Å². The average Bonchev–Trinajstić information content (AvgIpc) is 2.74. The van der Waals surface area contributed by atoms with Crippen LogP contribution in [-0.2, 0) is 14.5 Å². The lowest BCUT2D eigenvalue weighted by molar-refractivity contribution is -0.137. The molecule has 0 spiro atoms. The largest absolute Gasteiger partial charge is 0.481 e. The van der Waals surface area contributed by atoms with Gasteiger partial charge in [-0.25, -0.2) is 8.60 Å². The molecule has 0 saturated carbocycles. The molecule has 0 bridgehead atoms. The number of aromatic amines is 1. The van der Waals surface area contributed by atoms with E-state index in [0.717, 1.165) is 0 Å². The van der Waals surface area contributed by atoms with Crippen molar-refractivity contribution in [1.29, 1.82) is 4.78 Å². The van der Waals surface area contributed by atoms with Crippen LogP contribution in [0.1, 0.15) is 6.92 Å². The topological polar surface area (TPSA) is 103 Å². The molecule has 1 aliphatic rings. The number of carbonyl (C=O) groups excluding carboxylic acids is 1. The molecule has 1 atom stereocenters. The SMILES string of the molecule is C[C@@H](Oc1ccc2c(-c3ccc(F)cc3Cl)c[nH]c(=O)c2c1)C(=O)N1CCS(=N)(=O)CC1. The van der Waals surface area contributed by atoms with Gasteiger partial charge >= 0.3 is 0 Å². The Bertz CT molecular complexity index is 1360. The fourth-order valence-corrected chi connectivity index (χ4v) is 5.21. The number of rotatable bonds is 4. The van der Waals surface area contributed by atoms with E-state index < -0.39 is 21.7 Å². The molecule has 0 radical (unpaired) electrons. The fourth-order valence-electron chi connectivity index (χ4n) is 3.70. The molecule has 1 aromatic heterocycles. The smallest absolute Gasteiger partial charge is 0.263 e. The molecule has 168 valence electrons. The summed E-state index contributed by atoms with van der Waals surface area (Å²) in [6.07, 6.45) is 0.707. The number of amides is 1. The van der Waals surface area contributed by atoms with Crippen LogP contribution >= 0.6 is 11.6 Å². The van der Waals surface area contributed by atoms with Gasteiger partial charge in [0.05, 0.1) is 10.4 Å². The molecule has 1 amide bonds. The number of carbonyl (C=O) groups is 1. The molecule has 2 N–H and O–H groups in total. The minimum atomic E-state index is -2.60. The van der Waals surface area contributed by atoms with Gasteiger partial charge in [-0.1, -0.05) is 11.6 Å². The molecule has 0 unspecified atom stereocenters. The van der Waals surface area contributed by atoms with Gasteiger partial charge < -0.3 is 14.6 Å². The molecule has 32 heavy (non-hydrogen) atoms. The summed E-state index contributed by atoms with van der Waals surface area (Å²) in [5.74, 6) is -0.0642. The van der Waals surface area contributed by atoms with Crippen molar-refractivity contribution in [2.45, 2.75) is 13.0 Å². The Morgan fingerprint density at radius 2 is 1.91 bits per heavy atom. The van der Waals surface area contributed by atoms with Gasteiger partial charge in [0, 0.05) is 51.6 Å². The number of H-pyrrole nitrogens is 1. The summed E-state index contributed by atoms with van der Waals surface area (Å²) in [5, 5.41) is 1.16. The summed E-state index contributed by atoms with van der Waals surface area (Å²) in [7, 11) is -2.60. The number of nitrogens with zero attached hydrogens (tertiary/aromatic N) is 1. The molecule has 2 aromatic carbocycles. The molecular weight excluding hydrogens is 457 g/mol. The first kappa shape index (κ1) is 22.3. The zero-order chi connectivity index (χ0) is 23.0. The third-order valence-electron chi connectivity index (χ3n) is 5.45. The van der Waals surface area contributed by atoms with E-state index in [9.17, 15) is 18.2 Å². The van der Waals surface area contributed by atoms with Gasteiger partial charge in [0.1, 0.15) is 11.6 Å². The second-order valence-electron chi connectivity index (χ2n) is 7.67. The monoisotopic (exact) mass is 477 g/mol. The van der Waals surface area contributed by atoms with Crippen molar-refractivity contribution in [3.05, 3.63) is 63.8 Å². The van der Waals surface area contributed by atoms with Crippen LogP contribution in [-0.4, -0.2) is 50.7 Å². The molecule has 0 aliphatic carbocycles. The first-order chi connectivity index (χ1) is 15.1. The number of ether oxygens (including phenoxy) is 1. The number of pyridine rings is 1. The van der Waals surface area contributed by atoms with Crippen molar-refractivity contribution < 1.29 is 18.1 Å². The molecule has 1 aliphatic heterocycles. The van der Waals surface area contributed by atoms with E-state index in [1.807, 2.05) is 0 Å². The fraction of sp³-hybridized carbons (Fsp3) is 0.273. The van der Waals surface area contributed by atoms with Crippen LogP contribution in [0.4, 0.5) is 4.39 Å². The van der Waals surface area contributed by atoms with Crippen molar-refractivity contribution in [1.82, 2.24) is 9.88 Å². The highest BCUT2D eigenvalue weighted by Gasteiger charge is 2.27. The lowest BCUT2D eigenvalue weighted by Gasteiger charge is -2.30. The number of aromatic nitrogens is 1. The van der Waals surface area contributed by atoms with Crippen LogP contribution in [0.25, 0.3) is 21.9 Å². The lowest BCUT2D eigenvalue weighted by atomic mass is 10.0. The summed E-state index contributed by atoms with van der Waals surface area (Å²) in [6.45, 7) is 2.13. The van der Waals surface area contributed by atoms with Crippen LogP contribution in [0.2, 0.25) is 5.02 Å². The molecular formula is C22H21ClFN3O4S. The van der Waals surface area contributed by atoms with Gasteiger partial charge in [-0.05, 0) is 48.7 Å². The Morgan fingerprint density at radius 3 is 2.59 bits per heavy atom. The van der Waals surface area contributed by atoms with E-state index in [-0.39, 0.29) is 41.1 Å². The number of nitrogens with one attached hydrogen (secondary N) is 2. The third-order valence-corrected chi connectivity index (χ3v) is 7.45. The summed E-state index contributed by atoms with van der Waals surface area (Å²) in [6, 6.07) is 8.94. The molecule has 1 fully saturated rings. The average molecular weight is 478 g/mol. The predicted molar refractivity (Wildman–Crippen MR) is 122 cm³/mol. The number of halogens is 2. The number of hydrogen-bond donors (Lipinski definition) is 2. The molecule has 7 nitrogen and oxygen atoms in total. The standard InChI is InChI=1S/C22H21ClFN3O4S/c1-13(22(29)27-6-8-32(25,30)9-7-27)31-15-3-5-16-18(11-15)21(28)26-12-19(16)17-4-2-14(24)10-20(17)23/h2-5,10-13,25H,6-9H2,1H3,(H,26,28)/t13-/m1/s1. The first-order valence-corrected chi connectivity index (χ1v) is 12.2. The first-order valence-electron chi connectivity index (χ1n) is 9.95. The Balaban J connectivity index is 1.60. The van der Waals surface area contributed by atoms with Gasteiger partial charge in [0.25, 0.3) is 11.5 Å². The highest BCUT2D eigenvalue weighted by Crippen LogP contribution is 2.33. The van der Waals surface area contributed by atoms with Crippen LogP contribution in [0.5, 0.6) is 5.75 Å². The quantitative estimate of drug-likeness (QED) is 0.598. The normalized spacial score (nSPS) is 16.7. The Hall–Kier alpha value is -2.91. The van der Waals surface area contributed by atoms with Gasteiger partial charge in [0.15, 0.2) is 6.10 Å². The molecule has 2 heterocycles. The highest BCUT2D eigenvalue weighted by molar-refractivity contribution is 7.92. The maximum atomic E-state index is 13.4. The van der Waals surface area contributed by atoms with Crippen molar-refractivity contribution >= 4 is 38.0 Å². The van der Waals surface area contributed by atoms with E-state index in [4.69, 9.17) is 21.1 Å². The zero-order valence-electron chi connectivity index (χ0n) is 17.2. The second kappa shape index (κ2) is 8.55. The van der Waals surface area contributed by atoms with Gasteiger partial charge in [-0.2, -0.15) is 0 Å². The Kier molecular flexibility index (Phi) is 5.96. The van der Waals surface area contributed by atoms with Gasteiger partial charge in [-0.15, -0.1) is 0 Å². The molecule has 1 saturated heterocycles. The summed E-state index contributed by atoms with van der Waals surface area (Å²) in [4.78, 5) is 29.3. The predicted octanol–water partition coefficient (Wildman–Crippen LogP) is 3.64. The number of hydrogen-bond acceptors (Lipinski definition) is 5. The van der Waals surface area contributed by atoms with Crippen LogP contribution < -0.4 is 10.3 Å². The zero-order valence-corrected chi connectivity index (χ0v) is 18.8. The second-order valence-corrected chi connectivity index (χ2v) is 10.5. The number of benzene rings is 2. The van der Waals surface area contributed by atoms with E-state index in [2.05, 4.69) is 4.98 Å². The van der Waals surface area contributed by atoms with Crippen molar-refractivity contribution in [2.75, 3.05) is 24.6 Å². The molecule has 10 heteroatoms. The van der Waals surface area contributed by atoms with Crippen molar-refractivity contribution in [3.63, 3.8) is 0 Å². The van der Waals surface area contributed by atoms with E-state index in [1.165, 1.54) is 18.3 Å². The number of fused-ring (bicyclic) bond motifs is 1. The van der Waals surface area contributed by atoms with Gasteiger partial charge in [0.2, 0.25) is 0 Å². The summed E-state index contributed by atoms with van der Waals surface area (Å²) >= 11 is 6.20. The van der Waals surface area contributed by atoms with E-state index in [0.29, 0.717) is 27.6 Å². The van der Waals surface area contributed by atoms with Crippen molar-refractivity contribution in [2.24, 2.45) is 0 Å². The van der Waals surface area contributed by atoms with E-state index >= 15 is 0 Å². The Labute approximate surface area is 189 Å². The summed E-state index contributed by atoms with van der Waals surface area (Å²) in [5.41, 5.74) is 0.864. The van der Waals surface area contributed by atoms with Crippen LogP contribution in [0.3, 0.4) is 0 Å². The third kappa shape index (κ3) is 4.49. The molecule has 4 rings (SSSR count). The van der Waals surface area contributed by atoms with Crippen LogP contribution in [0, 0.1) is 10.6 Å². The summed E-state index contributed by atoms with van der Waals surface area (Å²) < 4.78 is 38.7. The van der Waals surface area contributed by atoms with Gasteiger partial charge in [-0.3, -0.25) is 14.4 Å². The minimum absolute atomic E-state index is 0.158. The van der Waals surface area contributed by atoms with E-state index in [1.54, 1.807) is 36.1 Å². The molecule has 3 aromatic rings. The minimum Gasteiger partial charge on any atom is -0.481 e. The lowest BCUT2D eigenvalue weighted by Crippen LogP contribution is -2.48. The maximum absolute atomic E-state index is 13.4. The van der Waals surface area contributed by atoms with Crippen molar-refractivity contribution in [3.8, 4) is 16.9 Å².